The Bertz CT molecular complexity index is 564. The molecule has 2 heterocycles. The average molecular weight is 263 g/mol. The van der Waals surface area contributed by atoms with Gasteiger partial charge in [-0.05, 0) is 25.2 Å². The minimum absolute atomic E-state index is 0.0354. The van der Waals surface area contributed by atoms with Crippen LogP contribution < -0.4 is 10.5 Å². The zero-order valence-electron chi connectivity index (χ0n) is 10.8. The first-order valence-corrected chi connectivity index (χ1v) is 6.66. The molecule has 0 spiro atoms. The molecule has 1 aliphatic carbocycles. The molecule has 6 nitrogen and oxygen atoms in total. The Hall–Kier alpha value is -1.85. The minimum Gasteiger partial charge on any atom is -0.480 e. The fraction of sp³-hybridized carbons (Fsp3) is 0.615. The van der Waals surface area contributed by atoms with E-state index >= 15 is 0 Å². The van der Waals surface area contributed by atoms with Crippen LogP contribution in [-0.2, 0) is 4.79 Å². The summed E-state index contributed by atoms with van der Waals surface area (Å²) >= 11 is 0. The maximum absolute atomic E-state index is 12.4. The lowest BCUT2D eigenvalue weighted by molar-refractivity contribution is -0.139. The Labute approximate surface area is 110 Å². The van der Waals surface area contributed by atoms with E-state index in [0.29, 0.717) is 6.54 Å². The normalized spacial score (nSPS) is 26.7. The maximum Gasteiger partial charge on any atom is 0.326 e. The van der Waals surface area contributed by atoms with Gasteiger partial charge in [0.2, 0.25) is 0 Å². The standard InChI is InChI=1S/C13H17N3O3/c1-8-4-6-16(10(8)13(18)19)11-12(17)15(7-5-14-11)9-2-3-9/h5,7-10H,2-4,6H2,1H3,(H,18,19). The van der Waals surface area contributed by atoms with Crippen LogP contribution in [-0.4, -0.2) is 33.2 Å². The quantitative estimate of drug-likeness (QED) is 0.876. The number of carbonyl (C=O) groups is 1. The molecule has 2 aliphatic rings. The number of aromatic nitrogens is 2. The predicted octanol–water partition coefficient (Wildman–Crippen LogP) is 0.878. The zero-order chi connectivity index (χ0) is 13.6. The van der Waals surface area contributed by atoms with Crippen molar-refractivity contribution in [1.29, 1.82) is 0 Å². The van der Waals surface area contributed by atoms with Crippen LogP contribution in [0, 0.1) is 5.92 Å². The summed E-state index contributed by atoms with van der Waals surface area (Å²) in [4.78, 5) is 29.5. The van der Waals surface area contributed by atoms with Gasteiger partial charge in [-0.15, -0.1) is 0 Å². The third-order valence-corrected chi connectivity index (χ3v) is 4.02. The second-order valence-corrected chi connectivity index (χ2v) is 5.44. The molecule has 1 aromatic rings. The number of nitrogens with zero attached hydrogens (tertiary/aromatic N) is 3. The SMILES string of the molecule is CC1CCN(c2nccn(C3CC3)c2=O)C1C(=O)O. The topological polar surface area (TPSA) is 75.4 Å². The van der Waals surface area contributed by atoms with Gasteiger partial charge in [0.1, 0.15) is 6.04 Å². The van der Waals surface area contributed by atoms with E-state index in [1.165, 1.54) is 0 Å². The van der Waals surface area contributed by atoms with Crippen LogP contribution in [0.15, 0.2) is 17.2 Å². The lowest BCUT2D eigenvalue weighted by Crippen LogP contribution is -2.43. The average Bonchev–Trinajstić information content (AvgIpc) is 3.12. The van der Waals surface area contributed by atoms with Gasteiger partial charge in [0.05, 0.1) is 0 Å². The molecule has 1 N–H and O–H groups in total. The van der Waals surface area contributed by atoms with Crippen molar-refractivity contribution < 1.29 is 9.90 Å². The van der Waals surface area contributed by atoms with E-state index in [0.717, 1.165) is 19.3 Å². The van der Waals surface area contributed by atoms with Gasteiger partial charge in [-0.1, -0.05) is 6.92 Å². The first-order valence-electron chi connectivity index (χ1n) is 6.66. The largest absolute Gasteiger partial charge is 0.480 e. The summed E-state index contributed by atoms with van der Waals surface area (Å²) < 4.78 is 1.68. The molecule has 6 heteroatoms. The third-order valence-electron chi connectivity index (χ3n) is 4.02. The summed E-state index contributed by atoms with van der Waals surface area (Å²) in [6, 6.07) is -0.368. The van der Waals surface area contributed by atoms with Crippen molar-refractivity contribution in [2.24, 2.45) is 5.92 Å². The van der Waals surface area contributed by atoms with Crippen molar-refractivity contribution in [2.75, 3.05) is 11.4 Å². The molecule has 2 unspecified atom stereocenters. The Kier molecular flexibility index (Phi) is 2.80. The van der Waals surface area contributed by atoms with Crippen molar-refractivity contribution in [3.8, 4) is 0 Å². The lowest BCUT2D eigenvalue weighted by Gasteiger charge is -2.24. The van der Waals surface area contributed by atoms with E-state index < -0.39 is 12.0 Å². The van der Waals surface area contributed by atoms with Crippen molar-refractivity contribution in [3.05, 3.63) is 22.7 Å². The van der Waals surface area contributed by atoms with Crippen molar-refractivity contribution in [3.63, 3.8) is 0 Å². The lowest BCUT2D eigenvalue weighted by atomic mass is 10.0. The molecular weight excluding hydrogens is 246 g/mol. The second kappa shape index (κ2) is 4.36. The molecular formula is C13H17N3O3. The highest BCUT2D eigenvalue weighted by Gasteiger charge is 2.39. The molecule has 1 saturated heterocycles. The Balaban J connectivity index is 2.00. The predicted molar refractivity (Wildman–Crippen MR) is 69.3 cm³/mol. The number of rotatable bonds is 3. The minimum atomic E-state index is -0.881. The molecule has 2 atom stereocenters. The summed E-state index contributed by atoms with van der Waals surface area (Å²) in [5, 5.41) is 9.32. The maximum atomic E-state index is 12.4. The van der Waals surface area contributed by atoms with Gasteiger partial charge < -0.3 is 14.6 Å². The first kappa shape index (κ1) is 12.2. The zero-order valence-corrected chi connectivity index (χ0v) is 10.8. The van der Waals surface area contributed by atoms with Gasteiger partial charge in [0.25, 0.3) is 5.56 Å². The summed E-state index contributed by atoms with van der Waals surface area (Å²) in [5.41, 5.74) is -0.162. The van der Waals surface area contributed by atoms with E-state index in [1.807, 2.05) is 6.92 Å². The molecule has 0 amide bonds. The van der Waals surface area contributed by atoms with Gasteiger partial charge >= 0.3 is 5.97 Å². The third kappa shape index (κ3) is 2.01. The highest BCUT2D eigenvalue weighted by molar-refractivity contribution is 5.78. The fourth-order valence-electron chi connectivity index (χ4n) is 2.81. The number of aliphatic carboxylic acids is 1. The molecule has 0 radical (unpaired) electrons. The van der Waals surface area contributed by atoms with E-state index in [9.17, 15) is 14.7 Å². The van der Waals surface area contributed by atoms with Crippen LogP contribution >= 0.6 is 0 Å². The van der Waals surface area contributed by atoms with Gasteiger partial charge in [-0.25, -0.2) is 9.78 Å². The molecule has 3 rings (SSSR count). The Morgan fingerprint density at radius 3 is 2.79 bits per heavy atom. The van der Waals surface area contributed by atoms with Gasteiger partial charge in [0.15, 0.2) is 5.82 Å². The Morgan fingerprint density at radius 2 is 2.16 bits per heavy atom. The number of anilines is 1. The van der Waals surface area contributed by atoms with Crippen LogP contribution in [0.25, 0.3) is 0 Å². The smallest absolute Gasteiger partial charge is 0.326 e. The number of hydrogen-bond donors (Lipinski definition) is 1. The van der Waals surface area contributed by atoms with E-state index in [-0.39, 0.29) is 23.3 Å². The molecule has 0 bridgehead atoms. The highest BCUT2D eigenvalue weighted by Crippen LogP contribution is 2.34. The molecule has 102 valence electrons. The monoisotopic (exact) mass is 263 g/mol. The molecule has 2 fully saturated rings. The van der Waals surface area contributed by atoms with Crippen LogP contribution in [0.3, 0.4) is 0 Å². The molecule has 1 aliphatic heterocycles. The second-order valence-electron chi connectivity index (χ2n) is 5.44. The van der Waals surface area contributed by atoms with Gasteiger partial charge in [-0.2, -0.15) is 0 Å². The van der Waals surface area contributed by atoms with Crippen molar-refractivity contribution in [2.45, 2.75) is 38.3 Å². The fourth-order valence-corrected chi connectivity index (χ4v) is 2.81. The van der Waals surface area contributed by atoms with E-state index in [4.69, 9.17) is 0 Å². The summed E-state index contributed by atoms with van der Waals surface area (Å²) in [5.74, 6) is -0.563. The molecule has 1 aromatic heterocycles. The molecule has 0 aromatic carbocycles. The Morgan fingerprint density at radius 1 is 1.42 bits per heavy atom. The van der Waals surface area contributed by atoms with E-state index in [1.54, 1.807) is 21.9 Å². The number of carboxylic acid groups (broad SMARTS) is 1. The summed E-state index contributed by atoms with van der Waals surface area (Å²) in [6.45, 7) is 2.48. The number of hydrogen-bond acceptors (Lipinski definition) is 4. The van der Waals surface area contributed by atoms with Gasteiger partial charge in [-0.3, -0.25) is 4.79 Å². The van der Waals surface area contributed by atoms with Crippen LogP contribution in [0.5, 0.6) is 0 Å². The van der Waals surface area contributed by atoms with Crippen LogP contribution in [0.1, 0.15) is 32.2 Å². The molecule has 19 heavy (non-hydrogen) atoms. The first-order chi connectivity index (χ1) is 9.09. The van der Waals surface area contributed by atoms with E-state index in [2.05, 4.69) is 4.98 Å². The van der Waals surface area contributed by atoms with Crippen molar-refractivity contribution in [1.82, 2.24) is 9.55 Å². The summed E-state index contributed by atoms with van der Waals surface area (Å²) in [6.07, 6.45) is 6.09. The summed E-state index contributed by atoms with van der Waals surface area (Å²) in [7, 11) is 0. The van der Waals surface area contributed by atoms with Gasteiger partial charge in [0, 0.05) is 25.0 Å². The van der Waals surface area contributed by atoms with Crippen LogP contribution in [0.2, 0.25) is 0 Å². The van der Waals surface area contributed by atoms with Crippen LogP contribution in [0.4, 0.5) is 5.82 Å². The van der Waals surface area contributed by atoms with Crippen molar-refractivity contribution >= 4 is 11.8 Å². The highest BCUT2D eigenvalue weighted by atomic mass is 16.4. The number of carboxylic acids is 1. The molecule has 1 saturated carbocycles.